The van der Waals surface area contributed by atoms with Gasteiger partial charge in [0.2, 0.25) is 0 Å². The van der Waals surface area contributed by atoms with Crippen molar-refractivity contribution >= 4 is 5.97 Å². The van der Waals surface area contributed by atoms with E-state index in [0.717, 1.165) is 6.42 Å². The lowest BCUT2D eigenvalue weighted by Crippen LogP contribution is -2.42. The second-order valence-electron chi connectivity index (χ2n) is 5.01. The molecule has 1 aliphatic heterocycles. The fourth-order valence-electron chi connectivity index (χ4n) is 2.30. The summed E-state index contributed by atoms with van der Waals surface area (Å²) in [5.41, 5.74) is 1.18. The standard InChI is InChI=1S/C15H20O4/c1-12(16)19-14-8-10-15(17,18-11-14)9-7-13-5-3-2-4-6-13/h2-6,14,17H,7-11H2,1H3/t14-,15-/m0/s1. The minimum absolute atomic E-state index is 0.227. The van der Waals surface area contributed by atoms with E-state index in [2.05, 4.69) is 0 Å². The summed E-state index contributed by atoms with van der Waals surface area (Å²) in [6, 6.07) is 10.0. The van der Waals surface area contributed by atoms with E-state index in [-0.39, 0.29) is 18.7 Å². The van der Waals surface area contributed by atoms with E-state index >= 15 is 0 Å². The van der Waals surface area contributed by atoms with Gasteiger partial charge in [-0.25, -0.2) is 0 Å². The average molecular weight is 264 g/mol. The zero-order chi connectivity index (χ0) is 13.7. The van der Waals surface area contributed by atoms with Crippen LogP contribution in [0.4, 0.5) is 0 Å². The van der Waals surface area contributed by atoms with Crippen molar-refractivity contribution in [2.45, 2.75) is 44.5 Å². The molecule has 0 aliphatic carbocycles. The Kier molecular flexibility index (Phi) is 4.56. The summed E-state index contributed by atoms with van der Waals surface area (Å²) in [5.74, 6) is -1.39. The number of hydrogen-bond acceptors (Lipinski definition) is 4. The highest BCUT2D eigenvalue weighted by Crippen LogP contribution is 2.28. The summed E-state index contributed by atoms with van der Waals surface area (Å²) < 4.78 is 10.6. The van der Waals surface area contributed by atoms with E-state index in [1.165, 1.54) is 12.5 Å². The van der Waals surface area contributed by atoms with Crippen molar-refractivity contribution in [3.05, 3.63) is 35.9 Å². The van der Waals surface area contributed by atoms with Crippen molar-refractivity contribution in [2.75, 3.05) is 6.61 Å². The van der Waals surface area contributed by atoms with Crippen LogP contribution in [0.25, 0.3) is 0 Å². The van der Waals surface area contributed by atoms with Crippen molar-refractivity contribution in [1.29, 1.82) is 0 Å². The SMILES string of the molecule is CC(=O)O[C@H]1CC[C@](O)(CCc2ccccc2)OC1. The molecule has 0 radical (unpaired) electrons. The van der Waals surface area contributed by atoms with Gasteiger partial charge >= 0.3 is 5.97 Å². The average Bonchev–Trinajstić information content (AvgIpc) is 2.40. The van der Waals surface area contributed by atoms with Gasteiger partial charge in [-0.15, -0.1) is 0 Å². The van der Waals surface area contributed by atoms with E-state index in [0.29, 0.717) is 19.3 Å². The number of benzene rings is 1. The lowest BCUT2D eigenvalue weighted by atomic mass is 9.97. The molecule has 1 N–H and O–H groups in total. The zero-order valence-corrected chi connectivity index (χ0v) is 11.2. The number of aliphatic hydroxyl groups is 1. The first kappa shape index (κ1) is 14.0. The van der Waals surface area contributed by atoms with Crippen LogP contribution < -0.4 is 0 Å². The molecule has 0 bridgehead atoms. The number of rotatable bonds is 4. The van der Waals surface area contributed by atoms with Crippen LogP contribution in [0.15, 0.2) is 30.3 Å². The molecule has 0 aromatic heterocycles. The Balaban J connectivity index is 1.80. The van der Waals surface area contributed by atoms with Gasteiger partial charge in [-0.05, 0) is 18.4 Å². The molecule has 4 nitrogen and oxygen atoms in total. The van der Waals surface area contributed by atoms with E-state index in [1.807, 2.05) is 30.3 Å². The third-order valence-electron chi connectivity index (χ3n) is 3.37. The summed E-state index contributed by atoms with van der Waals surface area (Å²) in [5, 5.41) is 10.3. The molecule has 104 valence electrons. The number of carbonyl (C=O) groups is 1. The van der Waals surface area contributed by atoms with Crippen molar-refractivity contribution in [3.8, 4) is 0 Å². The fraction of sp³-hybridized carbons (Fsp3) is 0.533. The first-order valence-corrected chi connectivity index (χ1v) is 6.65. The molecular formula is C15H20O4. The third-order valence-corrected chi connectivity index (χ3v) is 3.37. The predicted molar refractivity (Wildman–Crippen MR) is 70.5 cm³/mol. The van der Waals surface area contributed by atoms with Crippen LogP contribution in [0.1, 0.15) is 31.7 Å². The molecule has 2 atom stereocenters. The van der Waals surface area contributed by atoms with Gasteiger partial charge in [0.1, 0.15) is 6.10 Å². The molecule has 1 aromatic rings. The van der Waals surface area contributed by atoms with Gasteiger partial charge in [0.05, 0.1) is 6.61 Å². The Hall–Kier alpha value is -1.39. The summed E-state index contributed by atoms with van der Waals surface area (Å²) >= 11 is 0. The Bertz CT molecular complexity index is 407. The van der Waals surface area contributed by atoms with Gasteiger partial charge in [0, 0.05) is 19.8 Å². The summed E-state index contributed by atoms with van der Waals surface area (Å²) in [6.45, 7) is 1.65. The molecule has 0 spiro atoms. The minimum atomic E-state index is -1.09. The molecule has 2 rings (SSSR count). The van der Waals surface area contributed by atoms with Crippen LogP contribution in [0.5, 0.6) is 0 Å². The van der Waals surface area contributed by atoms with Gasteiger partial charge in [-0.3, -0.25) is 4.79 Å². The molecule has 0 amide bonds. The largest absolute Gasteiger partial charge is 0.460 e. The van der Waals surface area contributed by atoms with Crippen LogP contribution in [0, 0.1) is 0 Å². The highest BCUT2D eigenvalue weighted by molar-refractivity contribution is 5.66. The monoisotopic (exact) mass is 264 g/mol. The summed E-state index contributed by atoms with van der Waals surface area (Å²) in [4.78, 5) is 10.8. The topological polar surface area (TPSA) is 55.8 Å². The number of esters is 1. The molecule has 0 unspecified atom stereocenters. The van der Waals surface area contributed by atoms with Gasteiger partial charge in [-0.1, -0.05) is 30.3 Å². The maximum absolute atomic E-state index is 10.8. The molecule has 1 aliphatic rings. The Morgan fingerprint density at radius 2 is 2.21 bits per heavy atom. The zero-order valence-electron chi connectivity index (χ0n) is 11.2. The third kappa shape index (κ3) is 4.33. The van der Waals surface area contributed by atoms with E-state index in [1.54, 1.807) is 0 Å². The highest BCUT2D eigenvalue weighted by Gasteiger charge is 2.34. The van der Waals surface area contributed by atoms with Crippen molar-refractivity contribution in [1.82, 2.24) is 0 Å². The van der Waals surface area contributed by atoms with Gasteiger partial charge in [-0.2, -0.15) is 0 Å². The molecule has 1 fully saturated rings. The second kappa shape index (κ2) is 6.17. The van der Waals surface area contributed by atoms with Crippen LogP contribution in [-0.4, -0.2) is 29.6 Å². The summed E-state index contributed by atoms with van der Waals surface area (Å²) in [7, 11) is 0. The van der Waals surface area contributed by atoms with Crippen LogP contribution in [0.3, 0.4) is 0 Å². The maximum Gasteiger partial charge on any atom is 0.302 e. The Labute approximate surface area is 113 Å². The van der Waals surface area contributed by atoms with Gasteiger partial charge < -0.3 is 14.6 Å². The smallest absolute Gasteiger partial charge is 0.302 e. The molecule has 0 saturated carbocycles. The molecule has 1 heterocycles. The second-order valence-corrected chi connectivity index (χ2v) is 5.01. The molecule has 1 aromatic carbocycles. The first-order valence-electron chi connectivity index (χ1n) is 6.65. The number of carbonyl (C=O) groups excluding carboxylic acids is 1. The number of ether oxygens (including phenoxy) is 2. The Morgan fingerprint density at radius 3 is 2.79 bits per heavy atom. The number of aryl methyl sites for hydroxylation is 1. The summed E-state index contributed by atoms with van der Waals surface area (Å²) in [6.07, 6.45) is 2.25. The maximum atomic E-state index is 10.8. The van der Waals surface area contributed by atoms with E-state index < -0.39 is 5.79 Å². The van der Waals surface area contributed by atoms with Crippen molar-refractivity contribution in [2.24, 2.45) is 0 Å². The first-order chi connectivity index (χ1) is 9.07. The highest BCUT2D eigenvalue weighted by atomic mass is 16.6. The van der Waals surface area contributed by atoms with Gasteiger partial charge in [0.15, 0.2) is 5.79 Å². The Morgan fingerprint density at radius 1 is 1.47 bits per heavy atom. The fourth-order valence-corrected chi connectivity index (χ4v) is 2.30. The van der Waals surface area contributed by atoms with E-state index in [4.69, 9.17) is 9.47 Å². The molecule has 19 heavy (non-hydrogen) atoms. The van der Waals surface area contributed by atoms with Crippen molar-refractivity contribution in [3.63, 3.8) is 0 Å². The minimum Gasteiger partial charge on any atom is -0.460 e. The predicted octanol–water partition coefficient (Wildman–Crippen LogP) is 2.05. The number of hydrogen-bond donors (Lipinski definition) is 1. The van der Waals surface area contributed by atoms with Crippen LogP contribution >= 0.6 is 0 Å². The quantitative estimate of drug-likeness (QED) is 0.846. The normalized spacial score (nSPS) is 26.9. The van der Waals surface area contributed by atoms with E-state index in [9.17, 15) is 9.90 Å². The van der Waals surface area contributed by atoms with Crippen LogP contribution in [-0.2, 0) is 20.7 Å². The molecule has 1 saturated heterocycles. The van der Waals surface area contributed by atoms with Crippen LogP contribution in [0.2, 0.25) is 0 Å². The molecular weight excluding hydrogens is 244 g/mol. The lowest BCUT2D eigenvalue weighted by molar-refractivity contribution is -0.250. The van der Waals surface area contributed by atoms with Gasteiger partial charge in [0.25, 0.3) is 0 Å². The van der Waals surface area contributed by atoms with Crippen molar-refractivity contribution < 1.29 is 19.4 Å². The lowest BCUT2D eigenvalue weighted by Gasteiger charge is -2.35. The molecule has 4 heteroatoms.